The summed E-state index contributed by atoms with van der Waals surface area (Å²) in [5.74, 6) is -0.133. The summed E-state index contributed by atoms with van der Waals surface area (Å²) in [6, 6.07) is 2.17. The molecule has 9 nitrogen and oxygen atoms in total. The number of imide groups is 1. The van der Waals surface area contributed by atoms with Gasteiger partial charge in [0.25, 0.3) is 5.91 Å². The fourth-order valence-electron chi connectivity index (χ4n) is 2.17. The Labute approximate surface area is 134 Å². The van der Waals surface area contributed by atoms with E-state index in [0.29, 0.717) is 10.9 Å². The number of nitrogens with one attached hydrogen (secondary N) is 2. The Morgan fingerprint density at radius 2 is 2.35 bits per heavy atom. The summed E-state index contributed by atoms with van der Waals surface area (Å²) < 4.78 is 5.13. The number of hydrogen-bond acceptors (Lipinski definition) is 7. The zero-order chi connectivity index (χ0) is 16.2. The molecule has 0 aromatic carbocycles. The predicted molar refractivity (Wildman–Crippen MR) is 79.4 cm³/mol. The lowest BCUT2D eigenvalue weighted by Crippen LogP contribution is -2.31. The molecule has 1 aliphatic rings. The molecule has 1 fully saturated rings. The smallest absolute Gasteiger partial charge is 0.325 e. The summed E-state index contributed by atoms with van der Waals surface area (Å²) in [5, 5.41) is 12.8. The fourth-order valence-corrected chi connectivity index (χ4v) is 2.63. The molecule has 1 aliphatic heterocycles. The van der Waals surface area contributed by atoms with Gasteiger partial charge in [-0.25, -0.2) is 4.79 Å². The molecule has 3 heterocycles. The number of rotatable bonds is 6. The number of nitrogens with zero attached hydrogens (tertiary/aromatic N) is 3. The highest BCUT2D eigenvalue weighted by Gasteiger charge is 2.38. The Hall–Kier alpha value is -2.75. The first-order valence-corrected chi connectivity index (χ1v) is 7.71. The van der Waals surface area contributed by atoms with Gasteiger partial charge in [0.2, 0.25) is 11.0 Å². The van der Waals surface area contributed by atoms with Crippen LogP contribution in [0.25, 0.3) is 0 Å². The molecule has 1 unspecified atom stereocenters. The minimum absolute atomic E-state index is 0.0746. The van der Waals surface area contributed by atoms with Gasteiger partial charge in [0, 0.05) is 6.42 Å². The second-order valence-electron chi connectivity index (χ2n) is 4.84. The topological polar surface area (TPSA) is 117 Å². The average molecular weight is 335 g/mol. The summed E-state index contributed by atoms with van der Waals surface area (Å²) in [7, 11) is 0. The van der Waals surface area contributed by atoms with Gasteiger partial charge in [0.1, 0.15) is 17.3 Å². The van der Waals surface area contributed by atoms with Crippen LogP contribution < -0.4 is 10.6 Å². The third-order valence-corrected chi connectivity index (χ3v) is 3.87. The third-order valence-electron chi connectivity index (χ3n) is 3.27. The first-order chi connectivity index (χ1) is 11.1. The second-order valence-corrected chi connectivity index (χ2v) is 5.67. The van der Waals surface area contributed by atoms with Crippen LogP contribution >= 0.6 is 11.3 Å². The highest BCUT2D eigenvalue weighted by Crippen LogP contribution is 2.16. The molecule has 2 aromatic heterocycles. The van der Waals surface area contributed by atoms with Crippen molar-refractivity contribution in [2.45, 2.75) is 25.4 Å². The average Bonchev–Trinajstić information content (AvgIpc) is 3.25. The molecule has 0 saturated carbocycles. The summed E-state index contributed by atoms with van der Waals surface area (Å²) in [6.07, 6.45) is 1.78. The first kappa shape index (κ1) is 15.2. The molecule has 1 saturated heterocycles. The molecule has 0 bridgehead atoms. The molecule has 0 radical (unpaired) electrons. The van der Waals surface area contributed by atoms with Crippen molar-refractivity contribution in [2.24, 2.45) is 0 Å². The Morgan fingerprint density at radius 3 is 3.04 bits per heavy atom. The summed E-state index contributed by atoms with van der Waals surface area (Å²) >= 11 is 1.20. The number of carbonyl (C=O) groups is 3. The summed E-state index contributed by atoms with van der Waals surface area (Å²) in [5.41, 5.74) is 1.50. The Bertz CT molecular complexity index is 700. The van der Waals surface area contributed by atoms with Crippen molar-refractivity contribution in [3.8, 4) is 0 Å². The van der Waals surface area contributed by atoms with E-state index < -0.39 is 12.1 Å². The van der Waals surface area contributed by atoms with E-state index in [1.54, 1.807) is 12.1 Å². The van der Waals surface area contributed by atoms with Crippen molar-refractivity contribution < 1.29 is 18.8 Å². The van der Waals surface area contributed by atoms with Crippen molar-refractivity contribution >= 4 is 34.3 Å². The molecule has 2 aromatic rings. The van der Waals surface area contributed by atoms with Gasteiger partial charge in [-0.05, 0) is 18.6 Å². The molecular weight excluding hydrogens is 322 g/mol. The van der Waals surface area contributed by atoms with E-state index in [2.05, 4.69) is 20.8 Å². The number of aromatic nitrogens is 2. The lowest BCUT2D eigenvalue weighted by Gasteiger charge is -2.11. The van der Waals surface area contributed by atoms with E-state index in [9.17, 15) is 14.4 Å². The minimum Gasteiger partial charge on any atom is -0.467 e. The largest absolute Gasteiger partial charge is 0.467 e. The van der Waals surface area contributed by atoms with Gasteiger partial charge < -0.3 is 15.1 Å². The Morgan fingerprint density at radius 1 is 1.48 bits per heavy atom. The van der Waals surface area contributed by atoms with E-state index in [-0.39, 0.29) is 31.2 Å². The first-order valence-electron chi connectivity index (χ1n) is 6.84. The molecule has 0 aliphatic carbocycles. The second kappa shape index (κ2) is 6.57. The van der Waals surface area contributed by atoms with Crippen LogP contribution in [0.2, 0.25) is 0 Å². The number of urea groups is 1. The van der Waals surface area contributed by atoms with Crippen molar-refractivity contribution in [1.29, 1.82) is 0 Å². The Kier molecular flexibility index (Phi) is 4.33. The third kappa shape index (κ3) is 3.54. The summed E-state index contributed by atoms with van der Waals surface area (Å²) in [6.45, 7) is 0.0746. The number of anilines is 1. The molecule has 3 rings (SSSR count). The highest BCUT2D eigenvalue weighted by atomic mass is 32.1. The van der Waals surface area contributed by atoms with E-state index in [0.717, 1.165) is 4.90 Å². The van der Waals surface area contributed by atoms with E-state index in [1.807, 2.05) is 0 Å². The van der Waals surface area contributed by atoms with Crippen LogP contribution in [0.3, 0.4) is 0 Å². The van der Waals surface area contributed by atoms with Crippen LogP contribution in [0.1, 0.15) is 18.6 Å². The number of furan rings is 1. The molecule has 10 heteroatoms. The van der Waals surface area contributed by atoms with Gasteiger partial charge in [-0.1, -0.05) is 11.3 Å². The van der Waals surface area contributed by atoms with Crippen LogP contribution in [-0.4, -0.2) is 39.0 Å². The molecule has 23 heavy (non-hydrogen) atoms. The molecule has 0 spiro atoms. The van der Waals surface area contributed by atoms with Crippen molar-refractivity contribution in [1.82, 2.24) is 20.4 Å². The van der Waals surface area contributed by atoms with Crippen molar-refractivity contribution in [3.05, 3.63) is 29.7 Å². The monoisotopic (exact) mass is 335 g/mol. The van der Waals surface area contributed by atoms with Gasteiger partial charge >= 0.3 is 6.03 Å². The fraction of sp³-hybridized carbons (Fsp3) is 0.308. The van der Waals surface area contributed by atoms with Gasteiger partial charge in [-0.3, -0.25) is 14.5 Å². The normalized spacial score (nSPS) is 17.4. The predicted octanol–water partition coefficient (Wildman–Crippen LogP) is 0.970. The van der Waals surface area contributed by atoms with Gasteiger partial charge in [0.15, 0.2) is 0 Å². The number of hydrogen-bond donors (Lipinski definition) is 2. The van der Waals surface area contributed by atoms with E-state index in [4.69, 9.17) is 4.42 Å². The quantitative estimate of drug-likeness (QED) is 0.760. The minimum atomic E-state index is -0.711. The zero-order valence-corrected chi connectivity index (χ0v) is 12.7. The number of carbonyl (C=O) groups excluding carboxylic acids is 3. The van der Waals surface area contributed by atoms with Crippen molar-refractivity contribution in [3.63, 3.8) is 0 Å². The van der Waals surface area contributed by atoms with Crippen LogP contribution in [-0.2, 0) is 16.1 Å². The molecule has 120 valence electrons. The zero-order valence-electron chi connectivity index (χ0n) is 11.9. The van der Waals surface area contributed by atoms with Crippen LogP contribution in [0.4, 0.5) is 9.93 Å². The number of amides is 4. The Balaban J connectivity index is 1.52. The van der Waals surface area contributed by atoms with E-state index in [1.165, 1.54) is 23.1 Å². The standard InChI is InChI=1S/C13H13N5O4S/c19-10(16-12-17-14-7-23-12)4-3-9-11(20)18(13(21)15-9)6-8-2-1-5-22-8/h1-2,5,7,9H,3-4,6H2,(H,15,21)(H,16,17,19). The molecule has 2 N–H and O–H groups in total. The molecule has 1 atom stereocenters. The SMILES string of the molecule is O=C(CCC1NC(=O)N(Cc2ccco2)C1=O)Nc1nncs1. The maximum atomic E-state index is 12.2. The van der Waals surface area contributed by atoms with Crippen LogP contribution in [0.5, 0.6) is 0 Å². The maximum absolute atomic E-state index is 12.2. The maximum Gasteiger partial charge on any atom is 0.325 e. The van der Waals surface area contributed by atoms with Gasteiger partial charge in [0.05, 0.1) is 12.8 Å². The highest BCUT2D eigenvalue weighted by molar-refractivity contribution is 7.13. The van der Waals surface area contributed by atoms with E-state index >= 15 is 0 Å². The molecule has 4 amide bonds. The van der Waals surface area contributed by atoms with Crippen molar-refractivity contribution in [2.75, 3.05) is 5.32 Å². The van der Waals surface area contributed by atoms with Gasteiger partial charge in [-0.2, -0.15) is 0 Å². The van der Waals surface area contributed by atoms with Gasteiger partial charge in [-0.15, -0.1) is 10.2 Å². The molecular formula is C13H13N5O4S. The lowest BCUT2D eigenvalue weighted by atomic mass is 10.1. The lowest BCUT2D eigenvalue weighted by molar-refractivity contribution is -0.128. The summed E-state index contributed by atoms with van der Waals surface area (Å²) in [4.78, 5) is 36.9. The van der Waals surface area contributed by atoms with Crippen LogP contribution in [0.15, 0.2) is 28.3 Å². The van der Waals surface area contributed by atoms with Crippen LogP contribution in [0, 0.1) is 0 Å².